The molecule has 1 aromatic carbocycles. The number of nitrogens with zero attached hydrogens (tertiary/aromatic N) is 2. The SMILES string of the molecule is Cc1cn(-c2ccc(N)cc2Cl)c(C)n1. The number of aryl methyl sites for hydroxylation is 2. The maximum absolute atomic E-state index is 6.12. The molecule has 1 aromatic heterocycles. The summed E-state index contributed by atoms with van der Waals surface area (Å²) in [6, 6.07) is 5.47. The highest BCUT2D eigenvalue weighted by Gasteiger charge is 2.06. The Morgan fingerprint density at radius 3 is 2.60 bits per heavy atom. The van der Waals surface area contributed by atoms with Crippen LogP contribution in [0.2, 0.25) is 5.02 Å². The minimum Gasteiger partial charge on any atom is -0.399 e. The third-order valence-electron chi connectivity index (χ3n) is 2.23. The molecule has 15 heavy (non-hydrogen) atoms. The van der Waals surface area contributed by atoms with Gasteiger partial charge in [0.05, 0.1) is 16.4 Å². The number of hydrogen-bond donors (Lipinski definition) is 1. The lowest BCUT2D eigenvalue weighted by Crippen LogP contribution is -1.97. The van der Waals surface area contributed by atoms with Crippen LogP contribution >= 0.6 is 11.6 Å². The second-order valence-electron chi connectivity index (χ2n) is 3.51. The number of hydrogen-bond acceptors (Lipinski definition) is 2. The van der Waals surface area contributed by atoms with Gasteiger partial charge < -0.3 is 10.3 Å². The van der Waals surface area contributed by atoms with Crippen LogP contribution in [0.5, 0.6) is 0 Å². The van der Waals surface area contributed by atoms with E-state index in [4.69, 9.17) is 17.3 Å². The molecule has 0 aliphatic heterocycles. The summed E-state index contributed by atoms with van der Waals surface area (Å²) in [5, 5.41) is 0.635. The van der Waals surface area contributed by atoms with Gasteiger partial charge in [0.2, 0.25) is 0 Å². The minimum absolute atomic E-state index is 0.635. The topological polar surface area (TPSA) is 43.8 Å². The van der Waals surface area contributed by atoms with E-state index in [2.05, 4.69) is 4.98 Å². The zero-order chi connectivity index (χ0) is 11.0. The quantitative estimate of drug-likeness (QED) is 0.753. The molecule has 0 radical (unpaired) electrons. The lowest BCUT2D eigenvalue weighted by Gasteiger charge is -2.07. The molecule has 78 valence electrons. The maximum atomic E-state index is 6.12. The van der Waals surface area contributed by atoms with E-state index in [-0.39, 0.29) is 0 Å². The lowest BCUT2D eigenvalue weighted by molar-refractivity contribution is 0.975. The summed E-state index contributed by atoms with van der Waals surface area (Å²) in [6.45, 7) is 3.90. The number of nitrogen functional groups attached to an aromatic ring is 1. The normalized spacial score (nSPS) is 10.6. The van der Waals surface area contributed by atoms with Crippen LogP contribution in [-0.2, 0) is 0 Å². The Hall–Kier alpha value is -1.48. The number of rotatable bonds is 1. The van der Waals surface area contributed by atoms with Gasteiger partial charge in [-0.1, -0.05) is 11.6 Å². The van der Waals surface area contributed by atoms with Crippen molar-refractivity contribution in [2.75, 3.05) is 5.73 Å². The molecule has 0 saturated heterocycles. The first kappa shape index (κ1) is 10.1. The van der Waals surface area contributed by atoms with E-state index in [9.17, 15) is 0 Å². The maximum Gasteiger partial charge on any atom is 0.110 e. The highest BCUT2D eigenvalue weighted by atomic mass is 35.5. The standard InChI is InChI=1S/C11H12ClN3/c1-7-6-15(8(2)14-7)11-4-3-9(13)5-10(11)12/h3-6H,13H2,1-2H3. The second-order valence-corrected chi connectivity index (χ2v) is 3.92. The first-order valence-corrected chi connectivity index (χ1v) is 5.03. The first-order chi connectivity index (χ1) is 7.08. The van der Waals surface area contributed by atoms with Crippen molar-refractivity contribution in [3.63, 3.8) is 0 Å². The van der Waals surface area contributed by atoms with Crippen molar-refractivity contribution in [3.05, 3.63) is 40.9 Å². The Labute approximate surface area is 93.5 Å². The van der Waals surface area contributed by atoms with E-state index < -0.39 is 0 Å². The summed E-state index contributed by atoms with van der Waals surface area (Å²) in [4.78, 5) is 4.32. The van der Waals surface area contributed by atoms with E-state index in [1.165, 1.54) is 0 Å². The van der Waals surface area contributed by atoms with Crippen molar-refractivity contribution in [2.45, 2.75) is 13.8 Å². The smallest absolute Gasteiger partial charge is 0.110 e. The van der Waals surface area contributed by atoms with Crippen LogP contribution in [-0.4, -0.2) is 9.55 Å². The van der Waals surface area contributed by atoms with Crippen molar-refractivity contribution in [3.8, 4) is 5.69 Å². The molecular weight excluding hydrogens is 210 g/mol. The predicted molar refractivity (Wildman–Crippen MR) is 62.5 cm³/mol. The van der Waals surface area contributed by atoms with Gasteiger partial charge in [0.15, 0.2) is 0 Å². The molecule has 2 rings (SSSR count). The number of anilines is 1. The van der Waals surface area contributed by atoms with E-state index in [1.807, 2.05) is 36.7 Å². The number of benzene rings is 1. The van der Waals surface area contributed by atoms with Gasteiger partial charge in [0.1, 0.15) is 5.82 Å². The zero-order valence-corrected chi connectivity index (χ0v) is 9.42. The molecule has 1 heterocycles. The monoisotopic (exact) mass is 221 g/mol. The van der Waals surface area contributed by atoms with Gasteiger partial charge in [0, 0.05) is 11.9 Å². The van der Waals surface area contributed by atoms with Crippen molar-refractivity contribution in [1.82, 2.24) is 9.55 Å². The molecule has 0 aliphatic rings. The Morgan fingerprint density at radius 2 is 2.07 bits per heavy atom. The molecule has 2 aromatic rings. The van der Waals surface area contributed by atoms with Crippen LogP contribution in [0.4, 0.5) is 5.69 Å². The van der Waals surface area contributed by atoms with Gasteiger partial charge in [0.25, 0.3) is 0 Å². The Bertz CT molecular complexity index is 503. The molecule has 4 heteroatoms. The summed E-state index contributed by atoms with van der Waals surface area (Å²) in [5.74, 6) is 0.916. The second kappa shape index (κ2) is 3.59. The van der Waals surface area contributed by atoms with Crippen molar-refractivity contribution in [2.24, 2.45) is 0 Å². The lowest BCUT2D eigenvalue weighted by atomic mass is 10.3. The van der Waals surface area contributed by atoms with Crippen molar-refractivity contribution < 1.29 is 0 Å². The van der Waals surface area contributed by atoms with E-state index >= 15 is 0 Å². The molecule has 0 atom stereocenters. The van der Waals surface area contributed by atoms with Crippen LogP contribution in [0.3, 0.4) is 0 Å². The van der Waals surface area contributed by atoms with Crippen LogP contribution < -0.4 is 5.73 Å². The molecule has 3 nitrogen and oxygen atoms in total. The van der Waals surface area contributed by atoms with E-state index in [1.54, 1.807) is 6.07 Å². The third-order valence-corrected chi connectivity index (χ3v) is 2.54. The Morgan fingerprint density at radius 1 is 1.33 bits per heavy atom. The van der Waals surface area contributed by atoms with Crippen LogP contribution in [0.15, 0.2) is 24.4 Å². The van der Waals surface area contributed by atoms with Gasteiger partial charge in [-0.05, 0) is 32.0 Å². The minimum atomic E-state index is 0.635. The fourth-order valence-corrected chi connectivity index (χ4v) is 1.86. The number of nitrogens with two attached hydrogens (primary N) is 1. The number of aromatic nitrogens is 2. The fourth-order valence-electron chi connectivity index (χ4n) is 1.58. The van der Waals surface area contributed by atoms with Crippen LogP contribution in [0, 0.1) is 13.8 Å². The summed E-state index contributed by atoms with van der Waals surface area (Å²) in [5.41, 5.74) is 8.18. The molecule has 0 amide bonds. The number of imidazole rings is 1. The first-order valence-electron chi connectivity index (χ1n) is 4.66. The number of halogens is 1. The Balaban J connectivity index is 2.59. The van der Waals surface area contributed by atoms with Gasteiger partial charge in [-0.25, -0.2) is 4.98 Å². The molecule has 0 bridgehead atoms. The van der Waals surface area contributed by atoms with Gasteiger partial charge in [-0.15, -0.1) is 0 Å². The van der Waals surface area contributed by atoms with E-state index in [0.29, 0.717) is 10.7 Å². The Kier molecular flexibility index (Phi) is 2.40. The fraction of sp³-hybridized carbons (Fsp3) is 0.182. The highest BCUT2D eigenvalue weighted by molar-refractivity contribution is 6.32. The van der Waals surface area contributed by atoms with Gasteiger partial charge in [-0.2, -0.15) is 0 Å². The summed E-state index contributed by atoms with van der Waals surface area (Å²) in [6.07, 6.45) is 1.95. The van der Waals surface area contributed by atoms with Crippen molar-refractivity contribution >= 4 is 17.3 Å². The molecular formula is C11H12ClN3. The molecule has 0 aliphatic carbocycles. The zero-order valence-electron chi connectivity index (χ0n) is 8.66. The molecule has 0 fully saturated rings. The molecule has 0 spiro atoms. The molecule has 2 N–H and O–H groups in total. The average Bonchev–Trinajstić information content (AvgIpc) is 2.45. The van der Waals surface area contributed by atoms with E-state index in [0.717, 1.165) is 17.2 Å². The van der Waals surface area contributed by atoms with Crippen LogP contribution in [0.25, 0.3) is 5.69 Å². The van der Waals surface area contributed by atoms with Crippen molar-refractivity contribution in [1.29, 1.82) is 0 Å². The largest absolute Gasteiger partial charge is 0.399 e. The third kappa shape index (κ3) is 1.83. The van der Waals surface area contributed by atoms with Crippen LogP contribution in [0.1, 0.15) is 11.5 Å². The van der Waals surface area contributed by atoms with Gasteiger partial charge in [-0.3, -0.25) is 0 Å². The summed E-state index contributed by atoms with van der Waals surface area (Å²) < 4.78 is 1.96. The highest BCUT2D eigenvalue weighted by Crippen LogP contribution is 2.24. The summed E-state index contributed by atoms with van der Waals surface area (Å²) in [7, 11) is 0. The molecule has 0 unspecified atom stereocenters. The van der Waals surface area contributed by atoms with Gasteiger partial charge >= 0.3 is 0 Å². The molecule has 0 saturated carbocycles. The predicted octanol–water partition coefficient (Wildman–Crippen LogP) is 2.72. The average molecular weight is 222 g/mol. The summed E-state index contributed by atoms with van der Waals surface area (Å²) >= 11 is 6.12.